The number of anilines is 1. The summed E-state index contributed by atoms with van der Waals surface area (Å²) in [7, 11) is 0. The average molecular weight is 540 g/mol. The number of hydrogen-bond acceptors (Lipinski definition) is 6. The molecule has 1 saturated carbocycles. The van der Waals surface area contributed by atoms with Crippen LogP contribution in [0.5, 0.6) is 0 Å². The summed E-state index contributed by atoms with van der Waals surface area (Å²) in [6, 6.07) is 11.9. The lowest BCUT2D eigenvalue weighted by molar-refractivity contribution is 0.295. The molecule has 0 amide bonds. The summed E-state index contributed by atoms with van der Waals surface area (Å²) in [5.41, 5.74) is 14.9. The zero-order valence-corrected chi connectivity index (χ0v) is 24.0. The second-order valence-corrected chi connectivity index (χ2v) is 12.3. The van der Waals surface area contributed by atoms with Crippen LogP contribution < -0.4 is 21.5 Å². The summed E-state index contributed by atoms with van der Waals surface area (Å²) in [6.07, 6.45) is 6.85. The van der Waals surface area contributed by atoms with Crippen molar-refractivity contribution in [1.82, 2.24) is 14.9 Å². The minimum Gasteiger partial charge on any atom is -0.422 e. The van der Waals surface area contributed by atoms with Gasteiger partial charge in [-0.3, -0.25) is 4.79 Å². The van der Waals surface area contributed by atoms with Crippen LogP contribution in [0.25, 0.3) is 33.1 Å². The standard InChI is InChI=1S/C33H41N5O2/c1-4-6-7-20(5-2)27-17-37(18-28(27)34)33-36-29-31(40-33)26-13-12-25(21-8-9-22-15-35-16-23(22)14-21)19(3)30(26)38(32(29)39)24-10-11-24/h8-9,12-14,20,24,27-28,35H,4-7,10-11,15-18,34H2,1-3H3. The van der Waals surface area contributed by atoms with E-state index in [9.17, 15) is 4.79 Å². The van der Waals surface area contributed by atoms with Crippen molar-refractivity contribution in [3.63, 3.8) is 0 Å². The zero-order chi connectivity index (χ0) is 27.5. The molecule has 2 fully saturated rings. The molecule has 7 rings (SSSR count). The highest BCUT2D eigenvalue weighted by Crippen LogP contribution is 2.42. The molecule has 1 saturated heterocycles. The Bertz CT molecular complexity index is 1650. The number of aryl methyl sites for hydroxylation is 1. The Morgan fingerprint density at radius 1 is 1.12 bits per heavy atom. The molecule has 2 aromatic heterocycles. The number of rotatable bonds is 8. The first-order valence-corrected chi connectivity index (χ1v) is 15.3. The highest BCUT2D eigenvalue weighted by molar-refractivity contribution is 6.04. The molecular weight excluding hydrogens is 498 g/mol. The Balaban J connectivity index is 1.32. The Labute approximate surface area is 235 Å². The summed E-state index contributed by atoms with van der Waals surface area (Å²) in [6.45, 7) is 10.1. The first kappa shape index (κ1) is 25.8. The molecule has 3 unspecified atom stereocenters. The van der Waals surface area contributed by atoms with E-state index >= 15 is 0 Å². The summed E-state index contributed by atoms with van der Waals surface area (Å²) < 4.78 is 8.50. The maximum atomic E-state index is 14.0. The molecule has 210 valence electrons. The SMILES string of the molecule is CCCCC(CC)C1CN(c2nc3c(=O)n(C4CC4)c4c(C)c(-c5ccc6c(c5)CNC6)ccc4c3o2)CC1N. The average Bonchev–Trinajstić information content (AvgIpc) is 3.32. The van der Waals surface area contributed by atoms with Gasteiger partial charge in [0.25, 0.3) is 11.6 Å². The third-order valence-corrected chi connectivity index (χ3v) is 9.76. The van der Waals surface area contributed by atoms with Gasteiger partial charge in [0.15, 0.2) is 11.1 Å². The van der Waals surface area contributed by atoms with Crippen molar-refractivity contribution in [3.05, 3.63) is 57.4 Å². The van der Waals surface area contributed by atoms with Crippen LogP contribution in [0.1, 0.15) is 75.1 Å². The fourth-order valence-electron chi connectivity index (χ4n) is 7.33. The summed E-state index contributed by atoms with van der Waals surface area (Å²) in [5, 5.41) is 4.41. The van der Waals surface area contributed by atoms with Crippen LogP contribution >= 0.6 is 0 Å². The van der Waals surface area contributed by atoms with Gasteiger partial charge in [-0.05, 0) is 71.6 Å². The van der Waals surface area contributed by atoms with Crippen LogP contribution in [0, 0.1) is 18.8 Å². The number of aromatic nitrogens is 2. The van der Waals surface area contributed by atoms with E-state index in [0.29, 0.717) is 35.5 Å². The smallest absolute Gasteiger partial charge is 0.298 e. The number of fused-ring (bicyclic) bond motifs is 4. The van der Waals surface area contributed by atoms with E-state index in [0.717, 1.165) is 55.4 Å². The molecule has 0 spiro atoms. The second-order valence-electron chi connectivity index (χ2n) is 12.3. The molecule has 3 N–H and O–H groups in total. The van der Waals surface area contributed by atoms with Gasteiger partial charge in [-0.2, -0.15) is 4.98 Å². The lowest BCUT2D eigenvalue weighted by atomic mass is 9.83. The van der Waals surface area contributed by atoms with E-state index in [2.05, 4.69) is 61.3 Å². The molecule has 1 aliphatic carbocycles. The van der Waals surface area contributed by atoms with Crippen LogP contribution in [0.4, 0.5) is 6.01 Å². The fourth-order valence-corrected chi connectivity index (χ4v) is 7.33. The molecule has 0 radical (unpaired) electrons. The van der Waals surface area contributed by atoms with E-state index in [4.69, 9.17) is 15.1 Å². The molecule has 4 heterocycles. The number of unbranched alkanes of at least 4 members (excludes halogenated alkanes) is 1. The molecule has 7 nitrogen and oxygen atoms in total. The molecule has 2 aliphatic heterocycles. The van der Waals surface area contributed by atoms with Gasteiger partial charge in [-0.15, -0.1) is 0 Å². The first-order chi connectivity index (χ1) is 19.5. The Morgan fingerprint density at radius 3 is 2.73 bits per heavy atom. The maximum Gasteiger partial charge on any atom is 0.298 e. The van der Waals surface area contributed by atoms with Crippen molar-refractivity contribution in [3.8, 4) is 11.1 Å². The van der Waals surface area contributed by atoms with Gasteiger partial charge < -0.3 is 24.9 Å². The van der Waals surface area contributed by atoms with Crippen molar-refractivity contribution in [2.45, 2.75) is 84.5 Å². The quantitative estimate of drug-likeness (QED) is 0.284. The van der Waals surface area contributed by atoms with Crippen LogP contribution in [-0.4, -0.2) is 28.7 Å². The van der Waals surface area contributed by atoms with Gasteiger partial charge in [0.1, 0.15) is 0 Å². The second kappa shape index (κ2) is 10.0. The van der Waals surface area contributed by atoms with E-state index < -0.39 is 0 Å². The van der Waals surface area contributed by atoms with Gasteiger partial charge in [0.2, 0.25) is 0 Å². The Kier molecular flexibility index (Phi) is 6.47. The van der Waals surface area contributed by atoms with Crippen molar-refractivity contribution in [1.29, 1.82) is 0 Å². The minimum atomic E-state index is -0.0344. The number of hydrogen-bond donors (Lipinski definition) is 2. The van der Waals surface area contributed by atoms with Crippen molar-refractivity contribution in [2.24, 2.45) is 17.6 Å². The molecule has 7 heteroatoms. The van der Waals surface area contributed by atoms with Crippen LogP contribution in [0.15, 0.2) is 39.5 Å². The number of pyridine rings is 1. The van der Waals surface area contributed by atoms with Crippen molar-refractivity contribution < 1.29 is 4.42 Å². The summed E-state index contributed by atoms with van der Waals surface area (Å²) >= 11 is 0. The lowest BCUT2D eigenvalue weighted by Gasteiger charge is -2.24. The van der Waals surface area contributed by atoms with Gasteiger partial charge in [0.05, 0.1) is 5.52 Å². The first-order valence-electron chi connectivity index (χ1n) is 15.3. The van der Waals surface area contributed by atoms with Crippen LogP contribution in [0.2, 0.25) is 0 Å². The summed E-state index contributed by atoms with van der Waals surface area (Å²) in [5.74, 6) is 1.02. The number of oxazole rings is 1. The Hall–Kier alpha value is -3.16. The molecule has 0 bridgehead atoms. The number of nitrogens with one attached hydrogen (secondary N) is 1. The molecule has 3 aliphatic rings. The topological polar surface area (TPSA) is 89.3 Å². The normalized spacial score (nSPS) is 21.6. The largest absolute Gasteiger partial charge is 0.422 e. The Morgan fingerprint density at radius 2 is 1.95 bits per heavy atom. The minimum absolute atomic E-state index is 0.0344. The van der Waals surface area contributed by atoms with E-state index in [1.165, 1.54) is 41.5 Å². The predicted octanol–water partition coefficient (Wildman–Crippen LogP) is 6.04. The van der Waals surface area contributed by atoms with Gasteiger partial charge in [-0.1, -0.05) is 57.7 Å². The van der Waals surface area contributed by atoms with Crippen LogP contribution in [-0.2, 0) is 13.1 Å². The number of benzene rings is 2. The lowest BCUT2D eigenvalue weighted by Crippen LogP contribution is -2.33. The fraction of sp³-hybridized carbons (Fsp3) is 0.515. The molecular formula is C33H41N5O2. The van der Waals surface area contributed by atoms with Gasteiger partial charge in [-0.25, -0.2) is 0 Å². The molecule has 4 aromatic rings. The van der Waals surface area contributed by atoms with E-state index in [1.807, 2.05) is 4.57 Å². The number of nitrogens with zero attached hydrogens (tertiary/aromatic N) is 3. The van der Waals surface area contributed by atoms with Gasteiger partial charge in [0, 0.05) is 43.6 Å². The van der Waals surface area contributed by atoms with Crippen molar-refractivity contribution >= 4 is 28.0 Å². The zero-order valence-electron chi connectivity index (χ0n) is 24.0. The third kappa shape index (κ3) is 4.17. The van der Waals surface area contributed by atoms with Gasteiger partial charge >= 0.3 is 0 Å². The van der Waals surface area contributed by atoms with E-state index in [-0.39, 0.29) is 17.6 Å². The number of nitrogens with two attached hydrogens (primary N) is 1. The predicted molar refractivity (Wildman–Crippen MR) is 162 cm³/mol. The third-order valence-electron chi connectivity index (χ3n) is 9.76. The molecule has 2 aromatic carbocycles. The highest BCUT2D eigenvalue weighted by Gasteiger charge is 2.37. The maximum absolute atomic E-state index is 14.0. The molecule has 40 heavy (non-hydrogen) atoms. The molecule has 3 atom stereocenters. The van der Waals surface area contributed by atoms with E-state index in [1.54, 1.807) is 0 Å². The van der Waals surface area contributed by atoms with Crippen molar-refractivity contribution in [2.75, 3.05) is 18.0 Å². The van der Waals surface area contributed by atoms with Crippen LogP contribution in [0.3, 0.4) is 0 Å². The summed E-state index contributed by atoms with van der Waals surface area (Å²) in [4.78, 5) is 21.0. The highest BCUT2D eigenvalue weighted by atomic mass is 16.4. The monoisotopic (exact) mass is 539 g/mol.